The molecule has 0 radical (unpaired) electrons. The van der Waals surface area contributed by atoms with Gasteiger partial charge in [-0.3, -0.25) is 0 Å². The van der Waals surface area contributed by atoms with Crippen LogP contribution in [0.4, 0.5) is 0 Å². The predicted octanol–water partition coefficient (Wildman–Crippen LogP) is 9.54. The molecule has 0 bridgehead atoms. The van der Waals surface area contributed by atoms with Gasteiger partial charge in [0.25, 0.3) is 0 Å². The van der Waals surface area contributed by atoms with E-state index in [1.165, 1.54) is 58.7 Å². The van der Waals surface area contributed by atoms with Crippen molar-refractivity contribution in [3.8, 4) is 16.9 Å². The molecule has 0 aromatic heterocycles. The lowest BCUT2D eigenvalue weighted by Gasteiger charge is -2.29. The minimum atomic E-state index is -0.350. The van der Waals surface area contributed by atoms with Crippen LogP contribution in [-0.4, -0.2) is 31.3 Å². The Balaban J connectivity index is 1.03. The van der Waals surface area contributed by atoms with Gasteiger partial charge in [-0.1, -0.05) is 69.2 Å². The van der Waals surface area contributed by atoms with Crippen molar-refractivity contribution in [2.24, 2.45) is 0 Å². The van der Waals surface area contributed by atoms with Crippen molar-refractivity contribution in [2.45, 2.75) is 102 Å². The lowest BCUT2D eigenvalue weighted by molar-refractivity contribution is -0.137. The van der Waals surface area contributed by atoms with E-state index in [1.54, 1.807) is 0 Å². The van der Waals surface area contributed by atoms with Gasteiger partial charge < -0.3 is 14.2 Å². The largest absolute Gasteiger partial charge is 0.463 e. The van der Waals surface area contributed by atoms with Crippen LogP contribution in [0.2, 0.25) is 0 Å². The second-order valence-electron chi connectivity index (χ2n) is 12.6. The van der Waals surface area contributed by atoms with Crippen LogP contribution in [0.3, 0.4) is 0 Å². The van der Waals surface area contributed by atoms with Crippen molar-refractivity contribution >= 4 is 11.9 Å². The van der Waals surface area contributed by atoms with Crippen LogP contribution in [0.1, 0.15) is 116 Å². The highest BCUT2D eigenvalue weighted by molar-refractivity contribution is 5.93. The molecule has 3 aromatic rings. The molecule has 0 spiro atoms. The van der Waals surface area contributed by atoms with Crippen LogP contribution in [0.15, 0.2) is 73.3 Å². The first-order valence-corrected chi connectivity index (χ1v) is 17.0. The second-order valence-corrected chi connectivity index (χ2v) is 12.6. The van der Waals surface area contributed by atoms with E-state index in [4.69, 9.17) is 14.2 Å². The normalized spacial score (nSPS) is 16.9. The molecule has 1 saturated carbocycles. The Morgan fingerprint density at radius 1 is 0.800 bits per heavy atom. The number of carbonyl (C=O) groups is 2. The maximum absolute atomic E-state index is 13.1. The summed E-state index contributed by atoms with van der Waals surface area (Å²) in [7, 11) is 0. The van der Waals surface area contributed by atoms with Crippen molar-refractivity contribution in [2.75, 3.05) is 13.2 Å². The second kappa shape index (κ2) is 16.6. The standard InChI is InChI=1S/C40H48O5/c1-3-5-8-11-29-12-22-37-33(26-29)28-34-27-32(17-23-38(34)37)40(42)45-36-20-15-31(16-21-36)30-13-18-35(19-14-30)43-24-9-6-7-10-25-44-39(41)4-2/h4,12,15-17,20-23,26-27,30,35H,2-3,5-11,13-14,18-19,24-25,28H2,1H3. The average molecular weight is 609 g/mol. The van der Waals surface area contributed by atoms with E-state index in [-0.39, 0.29) is 11.9 Å². The quantitative estimate of drug-likeness (QED) is 0.0549. The summed E-state index contributed by atoms with van der Waals surface area (Å²) in [5, 5.41) is 0. The Hall–Kier alpha value is -3.70. The highest BCUT2D eigenvalue weighted by Crippen LogP contribution is 2.38. The molecular weight excluding hydrogens is 560 g/mol. The Morgan fingerprint density at radius 3 is 2.24 bits per heavy atom. The van der Waals surface area contributed by atoms with Gasteiger partial charge >= 0.3 is 11.9 Å². The summed E-state index contributed by atoms with van der Waals surface area (Å²) in [6.07, 6.45) is 15.7. The zero-order valence-electron chi connectivity index (χ0n) is 26.9. The number of ether oxygens (including phenoxy) is 3. The molecule has 0 N–H and O–H groups in total. The molecule has 0 amide bonds. The molecule has 2 aliphatic rings. The molecule has 5 rings (SSSR count). The molecular formula is C40H48O5. The molecule has 0 saturated heterocycles. The van der Waals surface area contributed by atoms with E-state index in [2.05, 4.69) is 49.9 Å². The molecule has 0 aliphatic heterocycles. The monoisotopic (exact) mass is 608 g/mol. The number of benzene rings is 3. The fourth-order valence-electron chi connectivity index (χ4n) is 6.70. The van der Waals surface area contributed by atoms with Crippen molar-refractivity contribution < 1.29 is 23.8 Å². The van der Waals surface area contributed by atoms with E-state index in [0.717, 1.165) is 70.8 Å². The number of hydrogen-bond donors (Lipinski definition) is 0. The van der Waals surface area contributed by atoms with E-state index < -0.39 is 0 Å². The lowest BCUT2D eigenvalue weighted by atomic mass is 9.83. The van der Waals surface area contributed by atoms with Crippen molar-refractivity contribution in [1.29, 1.82) is 0 Å². The van der Waals surface area contributed by atoms with Gasteiger partial charge in [0, 0.05) is 12.7 Å². The van der Waals surface area contributed by atoms with Crippen LogP contribution < -0.4 is 4.74 Å². The SMILES string of the molecule is C=CC(=O)OCCCCCCOC1CCC(c2ccc(OC(=O)c3ccc4c(c3)Cc3cc(CCCCC)ccc3-4)cc2)CC1. The minimum absolute atomic E-state index is 0.310. The molecule has 2 aliphatic carbocycles. The number of esters is 2. The van der Waals surface area contributed by atoms with E-state index in [0.29, 0.717) is 29.9 Å². The third-order valence-electron chi connectivity index (χ3n) is 9.29. The van der Waals surface area contributed by atoms with Crippen LogP contribution >= 0.6 is 0 Å². The molecule has 0 unspecified atom stereocenters. The van der Waals surface area contributed by atoms with Gasteiger partial charge in [-0.15, -0.1) is 0 Å². The van der Waals surface area contributed by atoms with Crippen LogP contribution in [0.25, 0.3) is 11.1 Å². The summed E-state index contributed by atoms with van der Waals surface area (Å²) in [5.74, 6) is 0.436. The molecule has 45 heavy (non-hydrogen) atoms. The highest BCUT2D eigenvalue weighted by atomic mass is 16.5. The summed E-state index contributed by atoms with van der Waals surface area (Å²) >= 11 is 0. The van der Waals surface area contributed by atoms with Gasteiger partial charge in [-0.05, 0) is 128 Å². The molecule has 5 heteroatoms. The highest BCUT2D eigenvalue weighted by Gasteiger charge is 2.24. The van der Waals surface area contributed by atoms with Gasteiger partial charge in [0.2, 0.25) is 0 Å². The summed E-state index contributed by atoms with van der Waals surface area (Å²) in [6, 6.07) is 20.9. The number of aryl methyl sites for hydroxylation is 1. The minimum Gasteiger partial charge on any atom is -0.463 e. The first-order chi connectivity index (χ1) is 22.0. The molecule has 3 aromatic carbocycles. The molecule has 0 atom stereocenters. The number of rotatable bonds is 16. The summed E-state index contributed by atoms with van der Waals surface area (Å²) in [6.45, 7) is 6.89. The zero-order chi connectivity index (χ0) is 31.4. The predicted molar refractivity (Wildman–Crippen MR) is 180 cm³/mol. The molecule has 1 fully saturated rings. The Kier molecular flexibility index (Phi) is 12.0. The van der Waals surface area contributed by atoms with Crippen molar-refractivity contribution in [3.05, 3.63) is 101 Å². The Labute approximate surface area is 269 Å². The first-order valence-electron chi connectivity index (χ1n) is 17.0. The summed E-state index contributed by atoms with van der Waals surface area (Å²) in [5.41, 5.74) is 8.38. The number of hydrogen-bond acceptors (Lipinski definition) is 5. The van der Waals surface area contributed by atoms with Crippen LogP contribution in [0, 0.1) is 0 Å². The smallest absolute Gasteiger partial charge is 0.343 e. The van der Waals surface area contributed by atoms with Gasteiger partial charge in [0.15, 0.2) is 0 Å². The fraction of sp³-hybridized carbons (Fsp3) is 0.450. The van der Waals surface area contributed by atoms with E-state index >= 15 is 0 Å². The number of fused-ring (bicyclic) bond motifs is 3. The maximum Gasteiger partial charge on any atom is 0.343 e. The van der Waals surface area contributed by atoms with E-state index in [1.807, 2.05) is 24.3 Å². The fourth-order valence-corrected chi connectivity index (χ4v) is 6.70. The van der Waals surface area contributed by atoms with Crippen LogP contribution in [-0.2, 0) is 27.1 Å². The maximum atomic E-state index is 13.1. The van der Waals surface area contributed by atoms with E-state index in [9.17, 15) is 9.59 Å². The van der Waals surface area contributed by atoms with Crippen molar-refractivity contribution in [1.82, 2.24) is 0 Å². The average Bonchev–Trinajstić information content (AvgIpc) is 3.43. The topological polar surface area (TPSA) is 61.8 Å². The third kappa shape index (κ3) is 9.17. The molecule has 5 nitrogen and oxygen atoms in total. The first kappa shape index (κ1) is 32.7. The van der Waals surface area contributed by atoms with Gasteiger partial charge in [-0.25, -0.2) is 9.59 Å². The number of unbranched alkanes of at least 4 members (excludes halogenated alkanes) is 5. The van der Waals surface area contributed by atoms with Crippen LogP contribution in [0.5, 0.6) is 5.75 Å². The number of carbonyl (C=O) groups excluding carboxylic acids is 2. The van der Waals surface area contributed by atoms with Gasteiger partial charge in [0.1, 0.15) is 5.75 Å². The zero-order valence-corrected chi connectivity index (χ0v) is 26.9. The molecule has 0 heterocycles. The summed E-state index contributed by atoms with van der Waals surface area (Å²) < 4.78 is 16.9. The third-order valence-corrected chi connectivity index (χ3v) is 9.29. The summed E-state index contributed by atoms with van der Waals surface area (Å²) in [4.78, 5) is 24.1. The Morgan fingerprint density at radius 2 is 1.51 bits per heavy atom. The Bertz CT molecular complexity index is 1430. The van der Waals surface area contributed by atoms with Gasteiger partial charge in [0.05, 0.1) is 18.3 Å². The van der Waals surface area contributed by atoms with Gasteiger partial charge in [-0.2, -0.15) is 0 Å². The molecule has 238 valence electrons. The lowest BCUT2D eigenvalue weighted by Crippen LogP contribution is -2.21. The van der Waals surface area contributed by atoms with Crippen molar-refractivity contribution in [3.63, 3.8) is 0 Å².